The summed E-state index contributed by atoms with van der Waals surface area (Å²) >= 11 is 1.82. The fraction of sp³-hybridized carbons (Fsp3) is 0.509. The van der Waals surface area contributed by atoms with Crippen molar-refractivity contribution < 1.29 is 93.4 Å². The normalized spacial score (nSPS) is 17.6. The summed E-state index contributed by atoms with van der Waals surface area (Å²) in [6.07, 6.45) is 16.5. The third kappa shape index (κ3) is 32.9. The first-order chi connectivity index (χ1) is 62.4. The van der Waals surface area contributed by atoms with E-state index in [1.165, 1.54) is 120 Å². The molecule has 1 saturated carbocycles. The van der Waals surface area contributed by atoms with E-state index in [9.17, 15) is 32.4 Å². The maximum absolute atomic E-state index is 12.4. The van der Waals surface area contributed by atoms with Crippen molar-refractivity contribution in [3.63, 3.8) is 0 Å². The van der Waals surface area contributed by atoms with Gasteiger partial charge in [-0.2, -0.15) is 8.42 Å². The van der Waals surface area contributed by atoms with Crippen LogP contribution in [0.25, 0.3) is 0 Å². The third-order valence-corrected chi connectivity index (χ3v) is 27.3. The minimum Gasteiger partial charge on any atom is -0.465 e. The van der Waals surface area contributed by atoms with Crippen LogP contribution in [0.1, 0.15) is 286 Å². The standard InChI is InChI=1S/C24H27NO4.C24H32O2S.C22H34O4.C21H26O5S.C17H24O5/c1-15-8-9-18-14-19(10-11-20(18)16(15)2)29-17(3)28-13-12-25-23(26)21-6-4-5-7-22(21)24(25)27;1-4-18(2)21-14-15-24(23-13-9-8-12-22(21)23)26-19(3)25-16-17-27-20-10-6-5-7-11-20;1-5-22(3,4)21(23)26-20-13-11-19(12-14-20)25-17(2)24-16-15-18-9-7-6-8-10-18;1-15-13-18-14-19(9-10-21(18)16(15)2)26-17(3)24-11-12-25-27(22,23)20-7-5-4-6-8-20;1-7-17(5,6)14(18)20-12-8-10-13(11-9-12)21-15(19)22-16(2,3)4/h4-7,10-11,14-17H,8-9,12-13H2,1-3H3;5-7,10-11,14-15,18-19H,4,8-9,12-13,16-17H2,1-3H3;11-14,17-18H,5-10,15-16H2,1-4H3;4-10,14-17H,11-13H2,1-3H3;8-11H,7H2,1-6H3. The van der Waals surface area contributed by atoms with E-state index in [2.05, 4.69) is 102 Å². The molecule has 21 nitrogen and oxygen atoms in total. The van der Waals surface area contributed by atoms with Crippen LogP contribution in [0.2, 0.25) is 0 Å². The topological polar surface area (TPSA) is 243 Å². The molecule has 2 amide bonds. The molecule has 0 spiro atoms. The van der Waals surface area contributed by atoms with E-state index < -0.39 is 45.3 Å². The van der Waals surface area contributed by atoms with Gasteiger partial charge in [0, 0.05) is 10.6 Å². The Labute approximate surface area is 784 Å². The molecule has 23 heteroatoms. The number of hydrogen-bond donors (Lipinski definition) is 0. The molecular formula is C108H143NO20S2. The van der Waals surface area contributed by atoms with E-state index in [1.807, 2.05) is 104 Å². The maximum atomic E-state index is 12.4. The Morgan fingerprint density at radius 2 is 0.939 bits per heavy atom. The largest absolute Gasteiger partial charge is 0.514 e. The second-order valence-corrected chi connectivity index (χ2v) is 39.7. The highest BCUT2D eigenvalue weighted by Crippen LogP contribution is 2.42. The van der Waals surface area contributed by atoms with Crippen LogP contribution in [0.15, 0.2) is 192 Å². The Morgan fingerprint density at radius 1 is 0.466 bits per heavy atom. The lowest BCUT2D eigenvalue weighted by Crippen LogP contribution is -2.34. The van der Waals surface area contributed by atoms with Gasteiger partial charge in [0.2, 0.25) is 0 Å². The zero-order valence-corrected chi connectivity index (χ0v) is 82.4. The van der Waals surface area contributed by atoms with Gasteiger partial charge in [0.15, 0.2) is 25.2 Å². The SMILES string of the molecule is CC(OCCN1C(=O)c2ccccc2C1=O)Oc1ccc2c(c1)CCC(C)C2C.CC(OCCOS(=O)(=O)c1ccccc1)Oc1ccc2c(c1)CC(C)C2C.CCC(C)(C)C(=O)Oc1ccc(OC(=O)OC(C)(C)C)cc1.CCC(C)(C)C(=O)Oc1ccc(OC(C)OCCC2CCCCC2)cc1.CCC(C)c1ccc(OC(C)OCCSc2ccccc2)c2c1CCCC2. The summed E-state index contributed by atoms with van der Waals surface area (Å²) in [7, 11) is -3.76. The van der Waals surface area contributed by atoms with Gasteiger partial charge >= 0.3 is 18.1 Å². The molecule has 8 aromatic carbocycles. The number of nitrogens with zero attached hydrogens (tertiary/aromatic N) is 1. The van der Waals surface area contributed by atoms with Gasteiger partial charge in [-0.05, 0) is 337 Å². The Kier molecular flexibility index (Phi) is 41.0. The summed E-state index contributed by atoms with van der Waals surface area (Å²) in [5, 5.41) is 0. The average molecular weight is 1840 g/mol. The second-order valence-electron chi connectivity index (χ2n) is 37.0. The number of thioether (sulfide) groups is 1. The van der Waals surface area contributed by atoms with Crippen LogP contribution in [0, 0.1) is 28.6 Å². The van der Waals surface area contributed by atoms with Crippen LogP contribution in [0.4, 0.5) is 4.79 Å². The van der Waals surface area contributed by atoms with Crippen LogP contribution in [-0.2, 0) is 73.3 Å². The molecule has 13 rings (SSSR count). The van der Waals surface area contributed by atoms with Gasteiger partial charge in [-0.1, -0.05) is 154 Å². The Balaban J connectivity index is 0.000000185. The molecule has 0 N–H and O–H groups in total. The van der Waals surface area contributed by atoms with Crippen LogP contribution in [0.5, 0.6) is 40.2 Å². The van der Waals surface area contributed by atoms with Gasteiger partial charge in [-0.25, -0.2) is 4.79 Å². The van der Waals surface area contributed by atoms with Crippen molar-refractivity contribution in [3.8, 4) is 40.2 Å². The summed E-state index contributed by atoms with van der Waals surface area (Å²) in [6, 6.07) is 55.7. The van der Waals surface area contributed by atoms with Crippen molar-refractivity contribution in [2.75, 3.05) is 45.3 Å². The van der Waals surface area contributed by atoms with Crippen molar-refractivity contribution in [1.29, 1.82) is 0 Å². The van der Waals surface area contributed by atoms with E-state index in [0.717, 1.165) is 67.6 Å². The average Bonchev–Trinajstić information content (AvgIpc) is 1.65. The van der Waals surface area contributed by atoms with Crippen molar-refractivity contribution in [2.24, 2.45) is 28.6 Å². The Morgan fingerprint density at radius 3 is 1.50 bits per heavy atom. The van der Waals surface area contributed by atoms with Crippen LogP contribution in [-0.4, -0.2) is 119 Å². The van der Waals surface area contributed by atoms with E-state index in [-0.39, 0.29) is 67.6 Å². The first-order valence-corrected chi connectivity index (χ1v) is 49.5. The fourth-order valence-corrected chi connectivity index (χ4v) is 17.4. The third-order valence-electron chi connectivity index (χ3n) is 25.0. The summed E-state index contributed by atoms with van der Waals surface area (Å²) in [6.45, 7) is 39.8. The molecule has 0 aromatic heterocycles. The molecule has 5 aliphatic rings. The minimum absolute atomic E-state index is 0.0653. The van der Waals surface area contributed by atoms with Gasteiger partial charge in [-0.3, -0.25) is 28.3 Å². The molecule has 1 aliphatic heterocycles. The van der Waals surface area contributed by atoms with E-state index in [0.29, 0.717) is 76.7 Å². The highest BCUT2D eigenvalue weighted by Gasteiger charge is 2.36. The second kappa shape index (κ2) is 51.0. The summed E-state index contributed by atoms with van der Waals surface area (Å²) in [4.78, 5) is 63.0. The Bertz CT molecular complexity index is 4990. The molecule has 9 unspecified atom stereocenters. The molecule has 4 aliphatic carbocycles. The highest BCUT2D eigenvalue weighted by molar-refractivity contribution is 7.99. The number of aryl methyl sites for hydroxylation is 1. The zero-order valence-electron chi connectivity index (χ0n) is 80.8. The number of rotatable bonds is 36. The van der Waals surface area contributed by atoms with Crippen LogP contribution >= 0.6 is 11.8 Å². The summed E-state index contributed by atoms with van der Waals surface area (Å²) in [5.41, 5.74) is 9.26. The van der Waals surface area contributed by atoms with E-state index in [4.69, 9.17) is 61.0 Å². The number of ether oxygens (including phenoxy) is 12. The molecule has 1 heterocycles. The predicted molar refractivity (Wildman–Crippen MR) is 515 cm³/mol. The molecule has 131 heavy (non-hydrogen) atoms. The molecule has 712 valence electrons. The molecular weight excluding hydrogens is 1700 g/mol. The van der Waals surface area contributed by atoms with Gasteiger partial charge in [0.1, 0.15) is 45.8 Å². The Hall–Kier alpha value is -9.59. The maximum Gasteiger partial charge on any atom is 0.514 e. The molecule has 9 atom stereocenters. The number of esters is 2. The van der Waals surface area contributed by atoms with Crippen molar-refractivity contribution in [3.05, 3.63) is 232 Å². The lowest BCUT2D eigenvalue weighted by molar-refractivity contribution is -0.144. The van der Waals surface area contributed by atoms with Crippen LogP contribution < -0.4 is 33.2 Å². The highest BCUT2D eigenvalue weighted by atomic mass is 32.2. The summed E-state index contributed by atoms with van der Waals surface area (Å²) < 4.78 is 96.5. The first kappa shape index (κ1) is 105. The van der Waals surface area contributed by atoms with Gasteiger partial charge < -0.3 is 56.8 Å². The molecule has 0 saturated heterocycles. The van der Waals surface area contributed by atoms with Crippen molar-refractivity contribution in [2.45, 2.75) is 293 Å². The van der Waals surface area contributed by atoms with Gasteiger partial charge in [0.25, 0.3) is 21.9 Å². The zero-order chi connectivity index (χ0) is 95.0. The number of fused-ring (bicyclic) bond motifs is 4. The van der Waals surface area contributed by atoms with E-state index in [1.54, 1.807) is 112 Å². The monoisotopic (exact) mass is 1840 g/mol. The number of hydrogen-bond acceptors (Lipinski definition) is 21. The van der Waals surface area contributed by atoms with Gasteiger partial charge in [-0.15, -0.1) is 11.8 Å². The van der Waals surface area contributed by atoms with E-state index >= 15 is 0 Å². The number of benzene rings is 8. The fourth-order valence-electron chi connectivity index (χ4n) is 15.7. The quantitative estimate of drug-likeness (QED) is 0.00518. The number of imide groups is 1. The number of carbonyl (C=O) groups excluding carboxylic acids is 5. The number of amides is 2. The predicted octanol–water partition coefficient (Wildman–Crippen LogP) is 25.2. The number of carbonyl (C=O) groups is 5. The molecule has 0 bridgehead atoms. The minimum atomic E-state index is -3.76. The summed E-state index contributed by atoms with van der Waals surface area (Å²) in [5.74, 6) is 8.39. The molecule has 8 aromatic rings. The van der Waals surface area contributed by atoms with Crippen molar-refractivity contribution in [1.82, 2.24) is 4.90 Å². The van der Waals surface area contributed by atoms with Gasteiger partial charge in [0.05, 0.1) is 66.4 Å². The van der Waals surface area contributed by atoms with Crippen LogP contribution in [0.3, 0.4) is 0 Å². The smallest absolute Gasteiger partial charge is 0.465 e. The first-order valence-electron chi connectivity index (χ1n) is 47.1. The lowest BCUT2D eigenvalue weighted by atomic mass is 9.77. The molecule has 1 fully saturated rings. The lowest BCUT2D eigenvalue weighted by Gasteiger charge is -2.29. The molecule has 0 radical (unpaired) electrons. The van der Waals surface area contributed by atoms with Crippen molar-refractivity contribution >= 4 is 51.8 Å².